The lowest BCUT2D eigenvalue weighted by Gasteiger charge is -2.04. The number of halogens is 1. The van der Waals surface area contributed by atoms with Gasteiger partial charge in [0.2, 0.25) is 5.76 Å². The topological polar surface area (TPSA) is 66.4 Å². The van der Waals surface area contributed by atoms with Gasteiger partial charge in [-0.2, -0.15) is 0 Å². The third-order valence-corrected chi connectivity index (χ3v) is 4.73. The van der Waals surface area contributed by atoms with Gasteiger partial charge < -0.3 is 5.11 Å². The molecule has 0 unspecified atom stereocenters. The minimum absolute atomic E-state index is 0.0291. The number of rotatable bonds is 3. The van der Waals surface area contributed by atoms with E-state index in [1.54, 1.807) is 0 Å². The lowest BCUT2D eigenvalue weighted by molar-refractivity contribution is -0.124. The zero-order valence-electron chi connectivity index (χ0n) is 11.2. The molecule has 0 bridgehead atoms. The van der Waals surface area contributed by atoms with Gasteiger partial charge in [-0.05, 0) is 35.4 Å². The number of hydrogen-bond acceptors (Lipinski definition) is 4. The van der Waals surface area contributed by atoms with Crippen LogP contribution < -0.4 is 5.32 Å². The fourth-order valence-electron chi connectivity index (χ4n) is 2.00. The molecule has 0 saturated heterocycles. The van der Waals surface area contributed by atoms with Crippen molar-refractivity contribution in [1.82, 2.24) is 5.32 Å². The average Bonchev–Trinajstić information content (AvgIpc) is 2.75. The highest BCUT2D eigenvalue weighted by atomic mass is 79.9. The van der Waals surface area contributed by atoms with E-state index in [4.69, 9.17) is 0 Å². The van der Waals surface area contributed by atoms with Crippen LogP contribution in [0.5, 0.6) is 0 Å². The average molecular weight is 376 g/mol. The zero-order chi connectivity index (χ0) is 15.7. The number of carbonyl (C=O) groups excluding carboxylic acids is 2. The van der Waals surface area contributed by atoms with Crippen molar-refractivity contribution in [3.05, 3.63) is 63.7 Å². The molecule has 2 amide bonds. The van der Waals surface area contributed by atoms with Crippen LogP contribution in [0.4, 0.5) is 0 Å². The zero-order valence-corrected chi connectivity index (χ0v) is 13.6. The first-order valence-corrected chi connectivity index (χ1v) is 7.98. The summed E-state index contributed by atoms with van der Waals surface area (Å²) in [4.78, 5) is 23.5. The van der Waals surface area contributed by atoms with Crippen molar-refractivity contribution in [2.24, 2.45) is 0 Å². The Kier molecular flexibility index (Phi) is 4.04. The molecule has 4 nitrogen and oxygen atoms in total. The first-order valence-electron chi connectivity index (χ1n) is 6.37. The van der Waals surface area contributed by atoms with Crippen LogP contribution in [0.3, 0.4) is 0 Å². The quantitative estimate of drug-likeness (QED) is 0.803. The van der Waals surface area contributed by atoms with Crippen molar-refractivity contribution in [2.45, 2.75) is 4.90 Å². The molecule has 0 atom stereocenters. The Hall–Kier alpha value is -2.05. The predicted molar refractivity (Wildman–Crippen MR) is 88.2 cm³/mol. The van der Waals surface area contributed by atoms with E-state index in [2.05, 4.69) is 21.2 Å². The molecule has 3 rings (SSSR count). The Labute approximate surface area is 139 Å². The Bertz CT molecular complexity index is 782. The molecule has 110 valence electrons. The van der Waals surface area contributed by atoms with Gasteiger partial charge in [-0.15, -0.1) is 0 Å². The summed E-state index contributed by atoms with van der Waals surface area (Å²) in [7, 11) is 0. The van der Waals surface area contributed by atoms with Gasteiger partial charge in [-0.25, -0.2) is 0 Å². The van der Waals surface area contributed by atoms with Crippen molar-refractivity contribution in [1.29, 1.82) is 0 Å². The van der Waals surface area contributed by atoms with Crippen LogP contribution in [0.1, 0.15) is 0 Å². The van der Waals surface area contributed by atoms with Crippen LogP contribution in [0.2, 0.25) is 0 Å². The molecular weight excluding hydrogens is 366 g/mol. The molecule has 1 aliphatic rings. The molecule has 0 aromatic heterocycles. The second-order valence-electron chi connectivity index (χ2n) is 4.59. The molecule has 2 aromatic carbocycles. The number of thioether (sulfide) groups is 1. The van der Waals surface area contributed by atoms with E-state index in [9.17, 15) is 14.7 Å². The largest absolute Gasteiger partial charge is 0.502 e. The number of aliphatic hydroxyl groups is 1. The Balaban J connectivity index is 1.82. The third-order valence-electron chi connectivity index (χ3n) is 3.12. The lowest BCUT2D eigenvalue weighted by atomic mass is 10.1. The number of benzene rings is 2. The maximum Gasteiger partial charge on any atom is 0.294 e. The molecule has 0 aliphatic carbocycles. The van der Waals surface area contributed by atoms with Crippen LogP contribution in [-0.2, 0) is 9.59 Å². The second kappa shape index (κ2) is 5.98. The van der Waals surface area contributed by atoms with E-state index in [0.29, 0.717) is 0 Å². The van der Waals surface area contributed by atoms with Crippen LogP contribution in [0, 0.1) is 0 Å². The minimum atomic E-state index is -0.751. The highest BCUT2D eigenvalue weighted by molar-refractivity contribution is 9.10. The van der Waals surface area contributed by atoms with E-state index in [0.717, 1.165) is 32.3 Å². The summed E-state index contributed by atoms with van der Waals surface area (Å²) in [6.07, 6.45) is 0. The van der Waals surface area contributed by atoms with E-state index in [1.807, 2.05) is 48.5 Å². The second-order valence-corrected chi connectivity index (χ2v) is 6.59. The Morgan fingerprint density at radius 2 is 1.41 bits per heavy atom. The van der Waals surface area contributed by atoms with Gasteiger partial charge in [0.25, 0.3) is 11.8 Å². The van der Waals surface area contributed by atoms with Crippen molar-refractivity contribution in [2.75, 3.05) is 0 Å². The van der Waals surface area contributed by atoms with Gasteiger partial charge in [-0.3, -0.25) is 14.9 Å². The number of carbonyl (C=O) groups is 2. The van der Waals surface area contributed by atoms with E-state index < -0.39 is 17.6 Å². The summed E-state index contributed by atoms with van der Waals surface area (Å²) in [5.74, 6) is -1.84. The monoisotopic (exact) mass is 375 g/mol. The van der Waals surface area contributed by atoms with E-state index in [1.165, 1.54) is 0 Å². The highest BCUT2D eigenvalue weighted by Gasteiger charge is 2.30. The number of nitrogens with one attached hydrogen (secondary N) is 1. The number of imide groups is 1. The standard InChI is InChI=1S/C16H10BrNO3S/c17-11-5-1-9(2-6-11)10-3-7-12(8-4-10)22-14-13(19)15(20)18-16(14)21/h1-8H,(H2,18,19,20,21). The summed E-state index contributed by atoms with van der Waals surface area (Å²) < 4.78 is 1.02. The van der Waals surface area contributed by atoms with Crippen molar-refractivity contribution in [3.63, 3.8) is 0 Å². The Morgan fingerprint density at radius 1 is 0.864 bits per heavy atom. The van der Waals surface area contributed by atoms with Gasteiger partial charge in [0, 0.05) is 9.37 Å². The molecule has 2 aromatic rings. The number of amides is 2. The maximum absolute atomic E-state index is 11.5. The summed E-state index contributed by atoms with van der Waals surface area (Å²) in [5, 5.41) is 11.6. The first kappa shape index (κ1) is 14.9. The van der Waals surface area contributed by atoms with Gasteiger partial charge in [0.15, 0.2) is 0 Å². The van der Waals surface area contributed by atoms with Crippen LogP contribution in [0.25, 0.3) is 11.1 Å². The molecule has 0 radical (unpaired) electrons. The van der Waals surface area contributed by atoms with Crippen LogP contribution >= 0.6 is 27.7 Å². The van der Waals surface area contributed by atoms with Gasteiger partial charge in [0.1, 0.15) is 4.91 Å². The highest BCUT2D eigenvalue weighted by Crippen LogP contribution is 2.32. The van der Waals surface area contributed by atoms with E-state index >= 15 is 0 Å². The molecule has 22 heavy (non-hydrogen) atoms. The fourth-order valence-corrected chi connectivity index (χ4v) is 3.11. The lowest BCUT2D eigenvalue weighted by Crippen LogP contribution is -2.22. The van der Waals surface area contributed by atoms with Gasteiger partial charge in [-0.1, -0.05) is 52.0 Å². The molecule has 0 spiro atoms. The van der Waals surface area contributed by atoms with Crippen molar-refractivity contribution in [3.8, 4) is 11.1 Å². The van der Waals surface area contributed by atoms with Crippen LogP contribution in [-0.4, -0.2) is 16.9 Å². The van der Waals surface area contributed by atoms with Crippen LogP contribution in [0.15, 0.2) is 68.6 Å². The number of hydrogen-bond donors (Lipinski definition) is 2. The molecule has 0 saturated carbocycles. The molecule has 0 fully saturated rings. The fraction of sp³-hybridized carbons (Fsp3) is 0. The SMILES string of the molecule is O=C1NC(=O)C(Sc2ccc(-c3ccc(Br)cc3)cc2)=C1O. The summed E-state index contributed by atoms with van der Waals surface area (Å²) in [6.45, 7) is 0. The first-order chi connectivity index (χ1) is 10.5. The normalized spacial score (nSPS) is 14.4. The summed E-state index contributed by atoms with van der Waals surface area (Å²) >= 11 is 4.46. The molecule has 1 aliphatic heterocycles. The third kappa shape index (κ3) is 2.93. The van der Waals surface area contributed by atoms with Crippen molar-refractivity contribution < 1.29 is 14.7 Å². The van der Waals surface area contributed by atoms with Gasteiger partial charge >= 0.3 is 0 Å². The summed E-state index contributed by atoms with van der Waals surface area (Å²) in [6, 6.07) is 15.5. The van der Waals surface area contributed by atoms with E-state index in [-0.39, 0.29) is 4.91 Å². The van der Waals surface area contributed by atoms with Crippen molar-refractivity contribution >= 4 is 39.5 Å². The predicted octanol–water partition coefficient (Wildman–Crippen LogP) is 3.63. The number of aliphatic hydroxyl groups excluding tert-OH is 1. The molecule has 2 N–H and O–H groups in total. The summed E-state index contributed by atoms with van der Waals surface area (Å²) in [5.41, 5.74) is 2.12. The maximum atomic E-state index is 11.5. The van der Waals surface area contributed by atoms with Gasteiger partial charge in [0.05, 0.1) is 0 Å². The Morgan fingerprint density at radius 3 is 1.91 bits per heavy atom. The molecule has 6 heteroatoms. The molecular formula is C16H10BrNO3S. The molecule has 1 heterocycles. The minimum Gasteiger partial charge on any atom is -0.502 e. The smallest absolute Gasteiger partial charge is 0.294 e.